The van der Waals surface area contributed by atoms with E-state index in [2.05, 4.69) is 0 Å². The SMILES string of the molecule is O=C(/C=C/c1ccco1)N(Cc1ccc(Cl)cc1Cl)[C@H]1CCS(=O)(=O)C1. The normalized spacial score (nSPS) is 19.1. The average Bonchev–Trinajstić information content (AvgIpc) is 3.21. The van der Waals surface area contributed by atoms with Gasteiger partial charge in [-0.25, -0.2) is 8.42 Å². The first kappa shape index (κ1) is 19.0. The van der Waals surface area contributed by atoms with Crippen LogP contribution >= 0.6 is 23.2 Å². The molecule has 138 valence electrons. The van der Waals surface area contributed by atoms with Gasteiger partial charge in [0, 0.05) is 28.7 Å². The molecule has 2 heterocycles. The zero-order valence-corrected chi connectivity index (χ0v) is 16.1. The van der Waals surface area contributed by atoms with E-state index in [4.69, 9.17) is 27.6 Å². The van der Waals surface area contributed by atoms with Crippen LogP contribution in [0, 0.1) is 0 Å². The van der Waals surface area contributed by atoms with Crippen LogP contribution in [0.3, 0.4) is 0 Å². The first-order valence-corrected chi connectivity index (χ1v) is 10.6. The third-order valence-electron chi connectivity index (χ3n) is 4.22. The topological polar surface area (TPSA) is 67.6 Å². The summed E-state index contributed by atoms with van der Waals surface area (Å²) in [4.78, 5) is 14.3. The summed E-state index contributed by atoms with van der Waals surface area (Å²) in [7, 11) is -3.13. The molecule has 0 radical (unpaired) electrons. The molecule has 1 aliphatic rings. The highest BCUT2D eigenvalue weighted by molar-refractivity contribution is 7.91. The highest BCUT2D eigenvalue weighted by Gasteiger charge is 2.34. The lowest BCUT2D eigenvalue weighted by atomic mass is 10.1. The predicted octanol–water partition coefficient (Wildman–Crippen LogP) is 3.82. The molecule has 0 aliphatic carbocycles. The lowest BCUT2D eigenvalue weighted by Gasteiger charge is -2.27. The van der Waals surface area contributed by atoms with Gasteiger partial charge in [-0.05, 0) is 42.3 Å². The highest BCUT2D eigenvalue weighted by atomic mass is 35.5. The van der Waals surface area contributed by atoms with Gasteiger partial charge in [-0.15, -0.1) is 0 Å². The fourth-order valence-corrected chi connectivity index (χ4v) is 5.08. The molecule has 3 rings (SSSR count). The van der Waals surface area contributed by atoms with Gasteiger partial charge in [0.25, 0.3) is 0 Å². The number of carbonyl (C=O) groups is 1. The maximum Gasteiger partial charge on any atom is 0.247 e. The molecule has 0 saturated carbocycles. The van der Waals surface area contributed by atoms with E-state index in [1.165, 1.54) is 12.3 Å². The Kier molecular flexibility index (Phi) is 5.75. The second-order valence-corrected chi connectivity index (χ2v) is 9.18. The van der Waals surface area contributed by atoms with Gasteiger partial charge >= 0.3 is 0 Å². The Balaban J connectivity index is 1.85. The first-order chi connectivity index (χ1) is 12.3. The Morgan fingerprint density at radius 1 is 1.31 bits per heavy atom. The second kappa shape index (κ2) is 7.86. The van der Waals surface area contributed by atoms with Crippen molar-refractivity contribution in [3.8, 4) is 0 Å². The van der Waals surface area contributed by atoms with Gasteiger partial charge in [0.1, 0.15) is 5.76 Å². The Bertz CT molecular complexity index is 923. The van der Waals surface area contributed by atoms with Crippen LogP contribution in [-0.2, 0) is 21.2 Å². The van der Waals surface area contributed by atoms with Crippen molar-refractivity contribution in [3.63, 3.8) is 0 Å². The molecule has 1 atom stereocenters. The fraction of sp³-hybridized carbons (Fsp3) is 0.278. The summed E-state index contributed by atoms with van der Waals surface area (Å²) in [6.45, 7) is 0.206. The highest BCUT2D eigenvalue weighted by Crippen LogP contribution is 2.26. The van der Waals surface area contributed by atoms with Crippen molar-refractivity contribution in [3.05, 3.63) is 64.0 Å². The van der Waals surface area contributed by atoms with Crippen molar-refractivity contribution >= 4 is 45.0 Å². The van der Waals surface area contributed by atoms with Crippen molar-refractivity contribution in [2.45, 2.75) is 19.0 Å². The van der Waals surface area contributed by atoms with E-state index < -0.39 is 9.84 Å². The number of benzene rings is 1. The van der Waals surface area contributed by atoms with Crippen LogP contribution in [0.25, 0.3) is 6.08 Å². The number of rotatable bonds is 5. The van der Waals surface area contributed by atoms with Crippen molar-refractivity contribution in [2.24, 2.45) is 0 Å². The van der Waals surface area contributed by atoms with E-state index in [-0.39, 0.29) is 30.0 Å². The van der Waals surface area contributed by atoms with E-state index in [9.17, 15) is 13.2 Å². The zero-order chi connectivity index (χ0) is 18.7. The van der Waals surface area contributed by atoms with Crippen LogP contribution in [0.15, 0.2) is 47.1 Å². The summed E-state index contributed by atoms with van der Waals surface area (Å²) in [5.74, 6) is 0.285. The maximum absolute atomic E-state index is 12.8. The molecule has 2 aromatic rings. The Hall–Kier alpha value is -1.76. The van der Waals surface area contributed by atoms with Gasteiger partial charge in [0.05, 0.1) is 17.8 Å². The number of amides is 1. The van der Waals surface area contributed by atoms with Crippen LogP contribution in [0.4, 0.5) is 0 Å². The fourth-order valence-electron chi connectivity index (χ4n) is 2.88. The summed E-state index contributed by atoms with van der Waals surface area (Å²) in [6, 6.07) is 8.09. The molecule has 0 spiro atoms. The van der Waals surface area contributed by atoms with Gasteiger partial charge < -0.3 is 9.32 Å². The molecule has 26 heavy (non-hydrogen) atoms. The second-order valence-electron chi connectivity index (χ2n) is 6.11. The van der Waals surface area contributed by atoms with Gasteiger partial charge in [0.15, 0.2) is 9.84 Å². The monoisotopic (exact) mass is 413 g/mol. The molecule has 1 amide bonds. The van der Waals surface area contributed by atoms with Gasteiger partial charge in [-0.3, -0.25) is 4.79 Å². The summed E-state index contributed by atoms with van der Waals surface area (Å²) in [5, 5.41) is 0.934. The predicted molar refractivity (Wildman–Crippen MR) is 102 cm³/mol. The van der Waals surface area contributed by atoms with Crippen molar-refractivity contribution in [1.29, 1.82) is 0 Å². The number of hydrogen-bond donors (Lipinski definition) is 0. The minimum Gasteiger partial charge on any atom is -0.465 e. The van der Waals surface area contributed by atoms with E-state index in [0.29, 0.717) is 27.8 Å². The maximum atomic E-state index is 12.8. The lowest BCUT2D eigenvalue weighted by Crippen LogP contribution is -2.39. The van der Waals surface area contributed by atoms with Gasteiger partial charge in [-0.1, -0.05) is 29.3 Å². The smallest absolute Gasteiger partial charge is 0.247 e. The zero-order valence-electron chi connectivity index (χ0n) is 13.8. The molecule has 1 aromatic heterocycles. The summed E-state index contributed by atoms with van der Waals surface area (Å²) in [5.41, 5.74) is 0.708. The van der Waals surface area contributed by atoms with Crippen molar-refractivity contribution in [1.82, 2.24) is 4.90 Å². The van der Waals surface area contributed by atoms with Crippen molar-refractivity contribution in [2.75, 3.05) is 11.5 Å². The van der Waals surface area contributed by atoms with Crippen LogP contribution < -0.4 is 0 Å². The summed E-state index contributed by atoms with van der Waals surface area (Å²) < 4.78 is 28.9. The summed E-state index contributed by atoms with van der Waals surface area (Å²) >= 11 is 12.1. The number of sulfone groups is 1. The van der Waals surface area contributed by atoms with Gasteiger partial charge in [-0.2, -0.15) is 0 Å². The molecule has 0 bridgehead atoms. The molecule has 0 N–H and O–H groups in total. The Labute approximate surface area is 162 Å². The minimum atomic E-state index is -3.13. The van der Waals surface area contributed by atoms with Crippen LogP contribution in [0.1, 0.15) is 17.7 Å². The molecular formula is C18H17Cl2NO4S. The van der Waals surface area contributed by atoms with E-state index in [0.717, 1.165) is 0 Å². The van der Waals surface area contributed by atoms with E-state index >= 15 is 0 Å². The summed E-state index contributed by atoms with van der Waals surface area (Å²) in [6.07, 6.45) is 4.86. The van der Waals surface area contributed by atoms with Gasteiger partial charge in [0.2, 0.25) is 5.91 Å². The molecule has 8 heteroatoms. The van der Waals surface area contributed by atoms with Crippen LogP contribution in [0.2, 0.25) is 10.0 Å². The molecule has 5 nitrogen and oxygen atoms in total. The molecule has 1 fully saturated rings. The molecule has 0 unspecified atom stereocenters. The third-order valence-corrected chi connectivity index (χ3v) is 6.56. The number of halogens is 2. The number of nitrogens with zero attached hydrogens (tertiary/aromatic N) is 1. The molecular weight excluding hydrogens is 397 g/mol. The lowest BCUT2D eigenvalue weighted by molar-refractivity contribution is -0.128. The van der Waals surface area contributed by atoms with Crippen molar-refractivity contribution < 1.29 is 17.6 Å². The Morgan fingerprint density at radius 3 is 2.73 bits per heavy atom. The molecule has 1 aliphatic heterocycles. The van der Waals surface area contributed by atoms with E-state index in [1.807, 2.05) is 0 Å². The Morgan fingerprint density at radius 2 is 2.12 bits per heavy atom. The van der Waals surface area contributed by atoms with Crippen LogP contribution in [0.5, 0.6) is 0 Å². The minimum absolute atomic E-state index is 0.0431. The number of hydrogen-bond acceptors (Lipinski definition) is 4. The van der Waals surface area contributed by atoms with Crippen LogP contribution in [-0.4, -0.2) is 36.8 Å². The molecule has 1 aromatic carbocycles. The van der Waals surface area contributed by atoms with E-state index in [1.54, 1.807) is 41.3 Å². The largest absolute Gasteiger partial charge is 0.465 e. The number of furan rings is 1. The third kappa shape index (κ3) is 4.69. The standard InChI is InChI=1S/C18H17Cl2NO4S/c19-14-4-3-13(17(20)10-14)11-21(15-7-9-26(23,24)12-15)18(22)6-5-16-2-1-8-25-16/h1-6,8,10,15H,7,9,11-12H2/b6-5+/t15-/m0/s1. The molecule has 1 saturated heterocycles. The average molecular weight is 414 g/mol. The first-order valence-electron chi connectivity index (χ1n) is 8.00. The quantitative estimate of drug-likeness (QED) is 0.698. The number of carbonyl (C=O) groups excluding carboxylic acids is 1.